The number of allylic oxidation sites excluding steroid dienone is 2. The summed E-state index contributed by atoms with van der Waals surface area (Å²) in [5.74, 6) is -1.08. The van der Waals surface area contributed by atoms with E-state index in [0.717, 1.165) is 11.8 Å². The molecule has 3 rings (SSSR count). The van der Waals surface area contributed by atoms with Gasteiger partial charge in [0.25, 0.3) is 0 Å². The molecule has 2 aromatic heterocycles. The number of dihydropyridines is 1. The van der Waals surface area contributed by atoms with Gasteiger partial charge in [-0.05, 0) is 19.1 Å². The Bertz CT molecular complexity index is 1030. The maximum absolute atomic E-state index is 12.7. The topological polar surface area (TPSA) is 117 Å². The van der Waals surface area contributed by atoms with Gasteiger partial charge in [-0.1, -0.05) is 24.4 Å². The van der Waals surface area contributed by atoms with Gasteiger partial charge in [-0.2, -0.15) is 5.26 Å². The lowest BCUT2D eigenvalue weighted by Gasteiger charge is -2.27. The van der Waals surface area contributed by atoms with Gasteiger partial charge in [0.15, 0.2) is 5.13 Å². The molecule has 1 aliphatic heterocycles. The summed E-state index contributed by atoms with van der Waals surface area (Å²) in [6.45, 7) is 5.30. The van der Waals surface area contributed by atoms with Gasteiger partial charge in [0.05, 0.1) is 40.2 Å². The van der Waals surface area contributed by atoms with Gasteiger partial charge in [-0.25, -0.2) is 9.78 Å². The van der Waals surface area contributed by atoms with Crippen LogP contribution >= 0.6 is 23.1 Å². The summed E-state index contributed by atoms with van der Waals surface area (Å²) in [4.78, 5) is 28.9. The summed E-state index contributed by atoms with van der Waals surface area (Å²) in [6.07, 6.45) is 4.54. The molecule has 8 nitrogen and oxygen atoms in total. The van der Waals surface area contributed by atoms with Crippen LogP contribution < -0.4 is 10.6 Å². The Morgan fingerprint density at radius 2 is 2.40 bits per heavy atom. The van der Waals surface area contributed by atoms with Crippen molar-refractivity contribution in [2.24, 2.45) is 0 Å². The minimum absolute atomic E-state index is 0.0463. The van der Waals surface area contributed by atoms with Crippen LogP contribution in [-0.4, -0.2) is 29.2 Å². The predicted octanol–water partition coefficient (Wildman–Crippen LogP) is 3.53. The lowest BCUT2D eigenvalue weighted by atomic mass is 9.86. The Kier molecular flexibility index (Phi) is 7.11. The molecule has 0 aliphatic carbocycles. The number of carbonyl (C=O) groups excluding carboxylic acids is 2. The third-order valence-corrected chi connectivity index (χ3v) is 5.76. The first-order valence-electron chi connectivity index (χ1n) is 8.80. The number of hydrogen-bond acceptors (Lipinski definition) is 9. The number of amides is 1. The second-order valence-electron chi connectivity index (χ2n) is 6.03. The van der Waals surface area contributed by atoms with Crippen molar-refractivity contribution in [1.29, 1.82) is 5.26 Å². The third-order valence-electron chi connectivity index (χ3n) is 4.05. The first kappa shape index (κ1) is 21.4. The zero-order chi connectivity index (χ0) is 21.5. The number of anilines is 1. The first-order chi connectivity index (χ1) is 14.5. The van der Waals surface area contributed by atoms with E-state index in [1.165, 1.54) is 23.7 Å². The van der Waals surface area contributed by atoms with E-state index in [2.05, 4.69) is 28.3 Å². The number of aromatic nitrogens is 1. The number of nitrogens with zero attached hydrogens (tertiary/aromatic N) is 2. The number of thioether (sulfide) groups is 1. The molecule has 0 radical (unpaired) electrons. The van der Waals surface area contributed by atoms with E-state index < -0.39 is 11.9 Å². The molecule has 0 fully saturated rings. The predicted molar refractivity (Wildman–Crippen MR) is 114 cm³/mol. The molecule has 1 amide bonds. The van der Waals surface area contributed by atoms with Crippen molar-refractivity contribution in [1.82, 2.24) is 10.3 Å². The van der Waals surface area contributed by atoms with Crippen LogP contribution in [0.4, 0.5) is 5.13 Å². The van der Waals surface area contributed by atoms with Crippen molar-refractivity contribution in [3.8, 4) is 6.07 Å². The lowest BCUT2D eigenvalue weighted by molar-refractivity contribution is -0.138. The van der Waals surface area contributed by atoms with E-state index in [1.54, 1.807) is 30.6 Å². The average molecular weight is 443 g/mol. The Labute approximate surface area is 181 Å². The van der Waals surface area contributed by atoms with Gasteiger partial charge >= 0.3 is 5.97 Å². The monoisotopic (exact) mass is 442 g/mol. The zero-order valence-electron chi connectivity index (χ0n) is 16.0. The normalized spacial score (nSPS) is 15.9. The molecule has 154 valence electrons. The Morgan fingerprint density at radius 1 is 1.57 bits per heavy atom. The van der Waals surface area contributed by atoms with Gasteiger partial charge in [0, 0.05) is 17.3 Å². The summed E-state index contributed by atoms with van der Waals surface area (Å²) < 4.78 is 10.7. The molecule has 3 heterocycles. The maximum atomic E-state index is 12.7. The van der Waals surface area contributed by atoms with Gasteiger partial charge in [-0.3, -0.25) is 4.79 Å². The van der Waals surface area contributed by atoms with E-state index in [4.69, 9.17) is 9.15 Å². The number of hydrogen-bond donors (Lipinski definition) is 2. The smallest absolute Gasteiger partial charge is 0.337 e. The van der Waals surface area contributed by atoms with Crippen molar-refractivity contribution in [3.05, 3.63) is 70.3 Å². The second kappa shape index (κ2) is 9.96. The summed E-state index contributed by atoms with van der Waals surface area (Å²) >= 11 is 2.48. The minimum Gasteiger partial charge on any atom is -0.468 e. The van der Waals surface area contributed by atoms with Crippen molar-refractivity contribution in [2.75, 3.05) is 17.7 Å². The number of nitriles is 1. The van der Waals surface area contributed by atoms with E-state index in [1.807, 2.05) is 0 Å². The molecular weight excluding hydrogens is 424 g/mol. The van der Waals surface area contributed by atoms with E-state index in [0.29, 0.717) is 21.6 Å². The highest BCUT2D eigenvalue weighted by molar-refractivity contribution is 8.03. The number of furan rings is 1. The number of carbonyl (C=O) groups is 2. The molecule has 1 aliphatic rings. The molecule has 0 unspecified atom stereocenters. The van der Waals surface area contributed by atoms with Gasteiger partial charge in [-0.15, -0.1) is 11.3 Å². The van der Waals surface area contributed by atoms with Crippen LogP contribution in [0.15, 0.2) is 68.9 Å². The van der Waals surface area contributed by atoms with E-state index in [9.17, 15) is 14.9 Å². The summed E-state index contributed by atoms with van der Waals surface area (Å²) in [5.41, 5.74) is 1.07. The van der Waals surface area contributed by atoms with Crippen LogP contribution in [0.25, 0.3) is 0 Å². The Balaban J connectivity index is 1.86. The zero-order valence-corrected chi connectivity index (χ0v) is 17.6. The average Bonchev–Trinajstić information content (AvgIpc) is 3.44. The molecule has 0 spiro atoms. The van der Waals surface area contributed by atoms with Gasteiger partial charge < -0.3 is 19.8 Å². The van der Waals surface area contributed by atoms with E-state index >= 15 is 0 Å². The number of nitrogens with one attached hydrogen (secondary N) is 2. The Morgan fingerprint density at radius 3 is 3.03 bits per heavy atom. The SMILES string of the molecule is C=CCOC(=O)C1=C(C)NC(SCC(=O)Nc2nccs2)=C(C#N)[C@H]1c1ccco1. The lowest BCUT2D eigenvalue weighted by Crippen LogP contribution is -2.29. The van der Waals surface area contributed by atoms with Crippen molar-refractivity contribution >= 4 is 40.1 Å². The highest BCUT2D eigenvalue weighted by Crippen LogP contribution is 2.41. The van der Waals surface area contributed by atoms with Gasteiger partial charge in [0.2, 0.25) is 5.91 Å². The first-order valence-corrected chi connectivity index (χ1v) is 10.7. The molecule has 0 bridgehead atoms. The number of esters is 1. The van der Waals surface area contributed by atoms with Crippen LogP contribution in [0.5, 0.6) is 0 Å². The van der Waals surface area contributed by atoms with Crippen LogP contribution in [0.1, 0.15) is 18.6 Å². The van der Waals surface area contributed by atoms with Crippen molar-refractivity contribution in [2.45, 2.75) is 12.8 Å². The van der Waals surface area contributed by atoms with Crippen LogP contribution in [0.3, 0.4) is 0 Å². The molecule has 10 heteroatoms. The standard InChI is InChI=1S/C20H18N4O4S2/c1-3-7-28-19(26)16-12(2)23-18(13(10-21)17(16)14-5-4-8-27-14)30-11-15(25)24-20-22-6-9-29-20/h3-6,8-9,17,23H,1,7,11H2,2H3,(H,22,24,25)/t17-/m0/s1. The number of ether oxygens (including phenoxy) is 1. The fourth-order valence-electron chi connectivity index (χ4n) is 2.83. The highest BCUT2D eigenvalue weighted by Gasteiger charge is 2.37. The van der Waals surface area contributed by atoms with Crippen LogP contribution in [-0.2, 0) is 14.3 Å². The van der Waals surface area contributed by atoms with Crippen molar-refractivity contribution in [3.63, 3.8) is 0 Å². The molecule has 0 saturated carbocycles. The second-order valence-corrected chi connectivity index (χ2v) is 7.91. The minimum atomic E-state index is -0.743. The maximum Gasteiger partial charge on any atom is 0.337 e. The molecule has 30 heavy (non-hydrogen) atoms. The molecule has 0 aromatic carbocycles. The van der Waals surface area contributed by atoms with Gasteiger partial charge in [0.1, 0.15) is 12.4 Å². The van der Waals surface area contributed by atoms with Crippen molar-refractivity contribution < 1.29 is 18.7 Å². The Hall–Kier alpha value is -3.29. The van der Waals surface area contributed by atoms with Crippen LogP contribution in [0.2, 0.25) is 0 Å². The molecular formula is C20H18N4O4S2. The number of thiazole rings is 1. The van der Waals surface area contributed by atoms with E-state index in [-0.39, 0.29) is 29.4 Å². The molecule has 1 atom stereocenters. The fraction of sp³-hybridized carbons (Fsp3) is 0.200. The summed E-state index contributed by atoms with van der Waals surface area (Å²) in [5, 5.41) is 18.4. The number of rotatable bonds is 8. The largest absolute Gasteiger partial charge is 0.468 e. The third kappa shape index (κ3) is 4.82. The summed E-state index contributed by atoms with van der Waals surface area (Å²) in [6, 6.07) is 5.53. The fourth-order valence-corrected chi connectivity index (χ4v) is 4.26. The van der Waals surface area contributed by atoms with Crippen LogP contribution in [0, 0.1) is 11.3 Å². The highest BCUT2D eigenvalue weighted by atomic mass is 32.2. The molecule has 2 N–H and O–H groups in total. The molecule has 2 aromatic rings. The molecule has 0 saturated heterocycles. The summed E-state index contributed by atoms with van der Waals surface area (Å²) in [7, 11) is 0. The quantitative estimate of drug-likeness (QED) is 0.471.